The van der Waals surface area contributed by atoms with Crippen molar-refractivity contribution in [1.82, 2.24) is 0 Å². The second kappa shape index (κ2) is 5.19. The second-order valence-corrected chi connectivity index (χ2v) is 4.33. The Morgan fingerprint density at radius 3 is 2.82 bits per heavy atom. The third-order valence-corrected chi connectivity index (χ3v) is 2.89. The van der Waals surface area contributed by atoms with Crippen LogP contribution in [0.4, 0.5) is 5.69 Å². The van der Waals surface area contributed by atoms with Gasteiger partial charge in [-0.1, -0.05) is 12.1 Å². The molecule has 4 heteroatoms. The van der Waals surface area contributed by atoms with Crippen molar-refractivity contribution in [1.29, 1.82) is 0 Å². The maximum absolute atomic E-state index is 11.1. The first-order chi connectivity index (χ1) is 8.16. The molecule has 2 N–H and O–H groups in total. The number of hydrogen-bond acceptors (Lipinski definition) is 3. The SMILES string of the molecule is CC(=O)Nc1ccccc1O[C@@H]1CCC[C@H]1O. The van der Waals surface area contributed by atoms with Crippen LogP contribution in [0.25, 0.3) is 0 Å². The molecule has 2 rings (SSSR count). The molecule has 0 bridgehead atoms. The maximum Gasteiger partial charge on any atom is 0.221 e. The summed E-state index contributed by atoms with van der Waals surface area (Å²) in [4.78, 5) is 11.1. The number of para-hydroxylation sites is 2. The number of carbonyl (C=O) groups excluding carboxylic acids is 1. The molecule has 1 aliphatic carbocycles. The Bertz CT molecular complexity index is 405. The number of amides is 1. The van der Waals surface area contributed by atoms with Crippen LogP contribution in [0.5, 0.6) is 5.75 Å². The van der Waals surface area contributed by atoms with Gasteiger partial charge < -0.3 is 15.2 Å². The Balaban J connectivity index is 2.11. The lowest BCUT2D eigenvalue weighted by atomic mass is 10.2. The minimum absolute atomic E-state index is 0.131. The number of nitrogens with one attached hydrogen (secondary N) is 1. The van der Waals surface area contributed by atoms with E-state index >= 15 is 0 Å². The van der Waals surface area contributed by atoms with E-state index in [1.165, 1.54) is 6.92 Å². The first-order valence-electron chi connectivity index (χ1n) is 5.88. The summed E-state index contributed by atoms with van der Waals surface area (Å²) in [6, 6.07) is 7.28. The first-order valence-corrected chi connectivity index (χ1v) is 5.88. The van der Waals surface area contributed by atoms with Gasteiger partial charge in [0.1, 0.15) is 11.9 Å². The first kappa shape index (κ1) is 11.9. The molecule has 17 heavy (non-hydrogen) atoms. The van der Waals surface area contributed by atoms with E-state index in [0.717, 1.165) is 19.3 Å². The average molecular weight is 235 g/mol. The number of benzene rings is 1. The lowest BCUT2D eigenvalue weighted by Crippen LogP contribution is -2.26. The normalized spacial score (nSPS) is 23.4. The Morgan fingerprint density at radius 2 is 2.18 bits per heavy atom. The van der Waals surface area contributed by atoms with Crippen molar-refractivity contribution in [2.75, 3.05) is 5.32 Å². The molecule has 1 aromatic rings. The van der Waals surface area contributed by atoms with Crippen LogP contribution in [0.2, 0.25) is 0 Å². The van der Waals surface area contributed by atoms with Crippen molar-refractivity contribution in [3.8, 4) is 5.75 Å². The summed E-state index contributed by atoms with van der Waals surface area (Å²) >= 11 is 0. The van der Waals surface area contributed by atoms with Crippen molar-refractivity contribution < 1.29 is 14.6 Å². The summed E-state index contributed by atoms with van der Waals surface area (Å²) in [7, 11) is 0. The van der Waals surface area contributed by atoms with E-state index in [-0.39, 0.29) is 12.0 Å². The molecule has 1 aliphatic rings. The highest BCUT2D eigenvalue weighted by Crippen LogP contribution is 2.29. The number of hydrogen-bond donors (Lipinski definition) is 2. The van der Waals surface area contributed by atoms with Crippen LogP contribution in [0.1, 0.15) is 26.2 Å². The van der Waals surface area contributed by atoms with Gasteiger partial charge in [-0.3, -0.25) is 4.79 Å². The van der Waals surface area contributed by atoms with Crippen LogP contribution in [0, 0.1) is 0 Å². The molecule has 0 spiro atoms. The van der Waals surface area contributed by atoms with Gasteiger partial charge >= 0.3 is 0 Å². The monoisotopic (exact) mass is 235 g/mol. The van der Waals surface area contributed by atoms with Crippen LogP contribution in [-0.2, 0) is 4.79 Å². The van der Waals surface area contributed by atoms with E-state index in [0.29, 0.717) is 11.4 Å². The lowest BCUT2D eigenvalue weighted by Gasteiger charge is -2.19. The minimum atomic E-state index is -0.402. The molecule has 0 aliphatic heterocycles. The van der Waals surface area contributed by atoms with Crippen molar-refractivity contribution in [2.45, 2.75) is 38.4 Å². The largest absolute Gasteiger partial charge is 0.486 e. The molecule has 0 heterocycles. The van der Waals surface area contributed by atoms with Crippen molar-refractivity contribution in [3.05, 3.63) is 24.3 Å². The molecule has 0 radical (unpaired) electrons. The standard InChI is InChI=1S/C13H17NO3/c1-9(15)14-10-5-2-3-7-12(10)17-13-8-4-6-11(13)16/h2-3,5,7,11,13,16H,4,6,8H2,1H3,(H,14,15)/t11-,13-/m1/s1. The fourth-order valence-corrected chi connectivity index (χ4v) is 2.07. The second-order valence-electron chi connectivity index (χ2n) is 4.33. The Hall–Kier alpha value is -1.55. The van der Waals surface area contributed by atoms with Gasteiger partial charge in [0.05, 0.1) is 11.8 Å². The molecule has 1 amide bonds. The van der Waals surface area contributed by atoms with Crippen LogP contribution in [0.15, 0.2) is 24.3 Å². The fraction of sp³-hybridized carbons (Fsp3) is 0.462. The molecule has 92 valence electrons. The van der Waals surface area contributed by atoms with E-state index < -0.39 is 6.10 Å². The van der Waals surface area contributed by atoms with E-state index in [4.69, 9.17) is 4.74 Å². The molecule has 1 fully saturated rings. The molecule has 0 saturated heterocycles. The molecular weight excluding hydrogens is 218 g/mol. The third-order valence-electron chi connectivity index (χ3n) is 2.89. The minimum Gasteiger partial charge on any atom is -0.486 e. The maximum atomic E-state index is 11.1. The highest BCUT2D eigenvalue weighted by Gasteiger charge is 2.27. The van der Waals surface area contributed by atoms with Crippen LogP contribution < -0.4 is 10.1 Å². The third kappa shape index (κ3) is 2.97. The Labute approximate surface area is 101 Å². The van der Waals surface area contributed by atoms with Gasteiger partial charge in [-0.05, 0) is 31.4 Å². The number of aliphatic hydroxyl groups is 1. The molecular formula is C13H17NO3. The van der Waals surface area contributed by atoms with Crippen LogP contribution in [-0.4, -0.2) is 23.2 Å². The Kier molecular flexibility index (Phi) is 3.64. The summed E-state index contributed by atoms with van der Waals surface area (Å²) in [6.45, 7) is 1.46. The molecule has 1 aromatic carbocycles. The Morgan fingerprint density at radius 1 is 1.41 bits per heavy atom. The van der Waals surface area contributed by atoms with Gasteiger partial charge in [-0.25, -0.2) is 0 Å². The molecule has 4 nitrogen and oxygen atoms in total. The van der Waals surface area contributed by atoms with E-state index in [1.54, 1.807) is 12.1 Å². The van der Waals surface area contributed by atoms with Gasteiger partial charge in [0.2, 0.25) is 5.91 Å². The van der Waals surface area contributed by atoms with Gasteiger partial charge in [0.15, 0.2) is 0 Å². The highest BCUT2D eigenvalue weighted by atomic mass is 16.5. The predicted molar refractivity (Wildman–Crippen MR) is 65.0 cm³/mol. The van der Waals surface area contributed by atoms with Crippen LogP contribution >= 0.6 is 0 Å². The molecule has 2 atom stereocenters. The highest BCUT2D eigenvalue weighted by molar-refractivity contribution is 5.90. The van der Waals surface area contributed by atoms with Crippen molar-refractivity contribution in [3.63, 3.8) is 0 Å². The number of carbonyl (C=O) groups is 1. The number of anilines is 1. The number of ether oxygens (including phenoxy) is 1. The predicted octanol–water partition coefficient (Wildman–Crippen LogP) is 1.94. The van der Waals surface area contributed by atoms with E-state index in [2.05, 4.69) is 5.32 Å². The van der Waals surface area contributed by atoms with Crippen molar-refractivity contribution >= 4 is 11.6 Å². The summed E-state index contributed by atoms with van der Waals surface area (Å²) in [6.07, 6.45) is 2.06. The summed E-state index contributed by atoms with van der Waals surface area (Å²) in [5.41, 5.74) is 0.652. The summed E-state index contributed by atoms with van der Waals surface area (Å²) in [5.74, 6) is 0.488. The van der Waals surface area contributed by atoms with E-state index in [9.17, 15) is 9.90 Å². The van der Waals surface area contributed by atoms with Gasteiger partial charge in [-0.15, -0.1) is 0 Å². The van der Waals surface area contributed by atoms with Crippen LogP contribution in [0.3, 0.4) is 0 Å². The van der Waals surface area contributed by atoms with Gasteiger partial charge in [0.25, 0.3) is 0 Å². The summed E-state index contributed by atoms with van der Waals surface area (Å²) in [5, 5.41) is 12.4. The topological polar surface area (TPSA) is 58.6 Å². The summed E-state index contributed by atoms with van der Waals surface area (Å²) < 4.78 is 5.75. The van der Waals surface area contributed by atoms with Crippen molar-refractivity contribution in [2.24, 2.45) is 0 Å². The molecule has 0 unspecified atom stereocenters. The van der Waals surface area contributed by atoms with Gasteiger partial charge in [-0.2, -0.15) is 0 Å². The quantitative estimate of drug-likeness (QED) is 0.841. The molecule has 1 saturated carbocycles. The lowest BCUT2D eigenvalue weighted by molar-refractivity contribution is -0.114. The zero-order chi connectivity index (χ0) is 12.3. The number of aliphatic hydroxyl groups excluding tert-OH is 1. The number of rotatable bonds is 3. The fourth-order valence-electron chi connectivity index (χ4n) is 2.07. The van der Waals surface area contributed by atoms with Gasteiger partial charge in [0, 0.05) is 6.92 Å². The zero-order valence-corrected chi connectivity index (χ0v) is 9.85. The average Bonchev–Trinajstić information content (AvgIpc) is 2.67. The van der Waals surface area contributed by atoms with E-state index in [1.807, 2.05) is 12.1 Å². The molecule has 0 aromatic heterocycles. The smallest absolute Gasteiger partial charge is 0.221 e. The zero-order valence-electron chi connectivity index (χ0n) is 9.85.